The summed E-state index contributed by atoms with van der Waals surface area (Å²) in [5, 5.41) is 11.7. The van der Waals surface area contributed by atoms with Gasteiger partial charge in [-0.25, -0.2) is 0 Å². The molecule has 0 aromatic heterocycles. The monoisotopic (exact) mass is 299 g/mol. The third-order valence-electron chi connectivity index (χ3n) is 3.03. The fourth-order valence-corrected chi connectivity index (χ4v) is 2.01. The van der Waals surface area contributed by atoms with Gasteiger partial charge >= 0.3 is 5.97 Å². The van der Waals surface area contributed by atoms with E-state index in [1.807, 2.05) is 24.3 Å². The summed E-state index contributed by atoms with van der Waals surface area (Å²) in [4.78, 5) is 22.9. The van der Waals surface area contributed by atoms with E-state index >= 15 is 0 Å². The molecule has 5 nitrogen and oxygen atoms in total. The molecule has 1 atom stereocenters. The third kappa shape index (κ3) is 4.94. The molecule has 0 aliphatic rings. The number of benzene rings is 2. The minimum Gasteiger partial charge on any atom is -0.484 e. The second-order valence-corrected chi connectivity index (χ2v) is 4.73. The number of nitrogens with one attached hydrogen (secondary N) is 1. The lowest BCUT2D eigenvalue weighted by atomic mass is 10.0. The number of rotatable bonds is 7. The molecule has 0 aliphatic carbocycles. The number of hydrogen-bond acceptors (Lipinski definition) is 3. The molecule has 5 heteroatoms. The molecule has 0 radical (unpaired) electrons. The van der Waals surface area contributed by atoms with Crippen molar-refractivity contribution in [1.82, 2.24) is 5.32 Å². The molecule has 114 valence electrons. The lowest BCUT2D eigenvalue weighted by Gasteiger charge is -2.17. The fourth-order valence-electron chi connectivity index (χ4n) is 2.01. The van der Waals surface area contributed by atoms with E-state index < -0.39 is 12.0 Å². The summed E-state index contributed by atoms with van der Waals surface area (Å²) in [7, 11) is 0. The topological polar surface area (TPSA) is 75.6 Å². The van der Waals surface area contributed by atoms with Crippen LogP contribution in [-0.2, 0) is 9.59 Å². The van der Waals surface area contributed by atoms with Crippen LogP contribution >= 0.6 is 0 Å². The molecule has 2 rings (SSSR count). The number of hydrogen-bond donors (Lipinski definition) is 2. The lowest BCUT2D eigenvalue weighted by Crippen LogP contribution is -2.33. The molecule has 0 aliphatic heterocycles. The van der Waals surface area contributed by atoms with E-state index in [1.54, 1.807) is 36.4 Å². The Morgan fingerprint density at radius 3 is 2.18 bits per heavy atom. The molecule has 0 bridgehead atoms. The van der Waals surface area contributed by atoms with Crippen molar-refractivity contribution in [3.8, 4) is 5.75 Å². The van der Waals surface area contributed by atoms with E-state index in [1.165, 1.54) is 0 Å². The maximum atomic E-state index is 12.0. The first kappa shape index (κ1) is 15.6. The summed E-state index contributed by atoms with van der Waals surface area (Å²) in [5.41, 5.74) is 0.748. The molecule has 0 unspecified atom stereocenters. The Morgan fingerprint density at radius 1 is 1.00 bits per heavy atom. The van der Waals surface area contributed by atoms with Crippen LogP contribution < -0.4 is 10.1 Å². The van der Waals surface area contributed by atoms with Crippen molar-refractivity contribution in [2.45, 2.75) is 12.5 Å². The maximum absolute atomic E-state index is 12.0. The summed E-state index contributed by atoms with van der Waals surface area (Å²) in [6.07, 6.45) is -0.179. The summed E-state index contributed by atoms with van der Waals surface area (Å²) >= 11 is 0. The Morgan fingerprint density at radius 2 is 1.59 bits per heavy atom. The van der Waals surface area contributed by atoms with Crippen LogP contribution in [0.15, 0.2) is 60.7 Å². The van der Waals surface area contributed by atoms with Gasteiger partial charge in [0.2, 0.25) is 0 Å². The van der Waals surface area contributed by atoms with Crippen LogP contribution in [0.5, 0.6) is 5.75 Å². The van der Waals surface area contributed by atoms with Crippen molar-refractivity contribution in [1.29, 1.82) is 0 Å². The zero-order valence-electron chi connectivity index (χ0n) is 11.9. The summed E-state index contributed by atoms with van der Waals surface area (Å²) in [6, 6.07) is 17.4. The normalized spacial score (nSPS) is 11.5. The van der Waals surface area contributed by atoms with Gasteiger partial charge in [-0.15, -0.1) is 0 Å². The van der Waals surface area contributed by atoms with Gasteiger partial charge in [0.1, 0.15) is 5.75 Å². The highest BCUT2D eigenvalue weighted by Crippen LogP contribution is 2.16. The number of carbonyl (C=O) groups is 2. The van der Waals surface area contributed by atoms with E-state index in [-0.39, 0.29) is 18.9 Å². The quantitative estimate of drug-likeness (QED) is 0.823. The Hall–Kier alpha value is -2.82. The van der Waals surface area contributed by atoms with Gasteiger partial charge in [0.05, 0.1) is 12.5 Å². The van der Waals surface area contributed by atoms with Gasteiger partial charge in [-0.1, -0.05) is 48.5 Å². The van der Waals surface area contributed by atoms with Crippen molar-refractivity contribution in [3.05, 3.63) is 66.2 Å². The predicted molar refractivity (Wildman–Crippen MR) is 81.5 cm³/mol. The number of ether oxygens (including phenoxy) is 1. The van der Waals surface area contributed by atoms with Gasteiger partial charge in [-0.2, -0.15) is 0 Å². The molecular formula is C17H17NO4. The summed E-state index contributed by atoms with van der Waals surface area (Å²) in [5.74, 6) is -0.746. The molecule has 0 heterocycles. The highest BCUT2D eigenvalue weighted by Gasteiger charge is 2.18. The maximum Gasteiger partial charge on any atom is 0.305 e. The molecule has 0 fully saturated rings. The van der Waals surface area contributed by atoms with Crippen molar-refractivity contribution >= 4 is 11.9 Å². The molecular weight excluding hydrogens is 282 g/mol. The van der Waals surface area contributed by atoms with Crippen LogP contribution in [-0.4, -0.2) is 23.6 Å². The largest absolute Gasteiger partial charge is 0.484 e. The lowest BCUT2D eigenvalue weighted by molar-refractivity contribution is -0.137. The van der Waals surface area contributed by atoms with Crippen molar-refractivity contribution in [2.24, 2.45) is 0 Å². The van der Waals surface area contributed by atoms with Crippen LogP contribution in [0.25, 0.3) is 0 Å². The van der Waals surface area contributed by atoms with E-state index in [9.17, 15) is 9.59 Å². The van der Waals surface area contributed by atoms with Gasteiger partial charge in [0.25, 0.3) is 5.91 Å². The molecule has 1 amide bonds. The number of carbonyl (C=O) groups excluding carboxylic acids is 1. The van der Waals surface area contributed by atoms with E-state index in [0.717, 1.165) is 5.56 Å². The van der Waals surface area contributed by atoms with Gasteiger partial charge in [-0.05, 0) is 17.7 Å². The minimum absolute atomic E-state index is 0.160. The zero-order valence-corrected chi connectivity index (χ0v) is 11.9. The highest BCUT2D eigenvalue weighted by molar-refractivity contribution is 5.79. The first-order valence-electron chi connectivity index (χ1n) is 6.89. The molecule has 2 aromatic rings. The average Bonchev–Trinajstić information content (AvgIpc) is 2.54. The van der Waals surface area contributed by atoms with E-state index in [4.69, 9.17) is 9.84 Å². The standard InChI is InChI=1S/C17H17NO4/c19-16(12-22-14-9-5-2-6-10-14)18-15(11-17(20)21)13-7-3-1-4-8-13/h1-10,15H,11-12H2,(H,18,19)(H,20,21)/t15-/m0/s1. The van der Waals surface area contributed by atoms with Gasteiger partial charge in [0, 0.05) is 0 Å². The Labute approximate surface area is 128 Å². The highest BCUT2D eigenvalue weighted by atomic mass is 16.5. The van der Waals surface area contributed by atoms with Crippen molar-refractivity contribution in [3.63, 3.8) is 0 Å². The molecule has 2 N–H and O–H groups in total. The zero-order chi connectivity index (χ0) is 15.8. The summed E-state index contributed by atoms with van der Waals surface area (Å²) < 4.78 is 5.35. The van der Waals surface area contributed by atoms with Crippen LogP contribution in [0, 0.1) is 0 Å². The number of amides is 1. The smallest absolute Gasteiger partial charge is 0.305 e. The molecule has 0 spiro atoms. The first-order valence-corrected chi connectivity index (χ1v) is 6.89. The Kier molecular flexibility index (Phi) is 5.54. The van der Waals surface area contributed by atoms with Crippen LogP contribution in [0.3, 0.4) is 0 Å². The van der Waals surface area contributed by atoms with Gasteiger partial charge < -0.3 is 15.2 Å². The average molecular weight is 299 g/mol. The van der Waals surface area contributed by atoms with Gasteiger partial charge in [0.15, 0.2) is 6.61 Å². The van der Waals surface area contributed by atoms with Crippen LogP contribution in [0.2, 0.25) is 0 Å². The van der Waals surface area contributed by atoms with E-state index in [0.29, 0.717) is 5.75 Å². The number of para-hydroxylation sites is 1. The number of carboxylic acid groups (broad SMARTS) is 1. The number of aliphatic carboxylic acids is 1. The predicted octanol–water partition coefficient (Wildman–Crippen LogP) is 2.40. The second-order valence-electron chi connectivity index (χ2n) is 4.73. The van der Waals surface area contributed by atoms with Crippen LogP contribution in [0.1, 0.15) is 18.0 Å². The first-order chi connectivity index (χ1) is 10.6. The van der Waals surface area contributed by atoms with Gasteiger partial charge in [-0.3, -0.25) is 9.59 Å². The molecule has 22 heavy (non-hydrogen) atoms. The number of carboxylic acids is 1. The third-order valence-corrected chi connectivity index (χ3v) is 3.03. The minimum atomic E-state index is -0.974. The van der Waals surface area contributed by atoms with Crippen LogP contribution in [0.4, 0.5) is 0 Å². The van der Waals surface area contributed by atoms with E-state index in [2.05, 4.69) is 5.32 Å². The Bertz CT molecular complexity index is 613. The molecule has 0 saturated heterocycles. The van der Waals surface area contributed by atoms with Crippen molar-refractivity contribution in [2.75, 3.05) is 6.61 Å². The summed E-state index contributed by atoms with van der Waals surface area (Å²) in [6.45, 7) is -0.160. The fraction of sp³-hybridized carbons (Fsp3) is 0.176. The second kappa shape index (κ2) is 7.83. The molecule has 0 saturated carbocycles. The molecule has 2 aromatic carbocycles. The van der Waals surface area contributed by atoms with Crippen molar-refractivity contribution < 1.29 is 19.4 Å². The Balaban J connectivity index is 1.95. The SMILES string of the molecule is O=C(O)C[C@H](NC(=O)COc1ccccc1)c1ccccc1.